The van der Waals surface area contributed by atoms with Crippen molar-refractivity contribution in [2.24, 2.45) is 0 Å². The normalized spacial score (nSPS) is 15.8. The van der Waals surface area contributed by atoms with E-state index in [4.69, 9.17) is 21.1 Å². The molecule has 0 bridgehead atoms. The summed E-state index contributed by atoms with van der Waals surface area (Å²) in [7, 11) is 0. The third kappa shape index (κ3) is 4.51. The van der Waals surface area contributed by atoms with Gasteiger partial charge in [-0.1, -0.05) is 29.8 Å². The molecule has 2 aromatic rings. The average molecular weight is 392 g/mol. The van der Waals surface area contributed by atoms with Crippen LogP contribution in [0.3, 0.4) is 0 Å². The van der Waals surface area contributed by atoms with Gasteiger partial charge in [0.25, 0.3) is 0 Å². The zero-order chi connectivity index (χ0) is 18.5. The van der Waals surface area contributed by atoms with Gasteiger partial charge in [0.05, 0.1) is 24.0 Å². The van der Waals surface area contributed by atoms with Crippen molar-refractivity contribution in [2.75, 3.05) is 11.9 Å². The Hall–Kier alpha value is -2.18. The van der Waals surface area contributed by atoms with Crippen LogP contribution in [-0.4, -0.2) is 23.7 Å². The van der Waals surface area contributed by atoms with E-state index >= 15 is 0 Å². The van der Waals surface area contributed by atoms with Crippen molar-refractivity contribution in [3.63, 3.8) is 0 Å². The highest BCUT2D eigenvalue weighted by atomic mass is 35.5. The number of hydrogen-bond donors (Lipinski definition) is 1. The molecule has 7 heteroatoms. The number of thioether (sulfide) groups is 1. The van der Waals surface area contributed by atoms with E-state index in [0.29, 0.717) is 23.1 Å². The number of ether oxygens (including phenoxy) is 2. The fourth-order valence-electron chi connectivity index (χ4n) is 2.54. The van der Waals surface area contributed by atoms with E-state index < -0.39 is 11.2 Å². The lowest BCUT2D eigenvalue weighted by atomic mass is 10.2. The van der Waals surface area contributed by atoms with Gasteiger partial charge in [-0.25, -0.2) is 0 Å². The number of anilines is 1. The van der Waals surface area contributed by atoms with Crippen molar-refractivity contribution in [2.45, 2.75) is 30.1 Å². The summed E-state index contributed by atoms with van der Waals surface area (Å²) in [6.45, 7) is 2.54. The number of nitrogens with one attached hydrogen (secondary N) is 1. The Morgan fingerprint density at radius 1 is 1.27 bits per heavy atom. The molecule has 0 aromatic heterocycles. The van der Waals surface area contributed by atoms with Crippen molar-refractivity contribution >= 4 is 40.9 Å². The molecule has 3 rings (SSSR count). The molecular weight excluding hydrogens is 374 g/mol. The van der Waals surface area contributed by atoms with E-state index in [1.54, 1.807) is 12.1 Å². The maximum Gasteiger partial charge on any atom is 0.307 e. The molecular formula is C19H18ClNO4S. The van der Waals surface area contributed by atoms with Crippen molar-refractivity contribution in [1.29, 1.82) is 0 Å². The second kappa shape index (κ2) is 8.47. The van der Waals surface area contributed by atoms with Crippen LogP contribution in [0.2, 0.25) is 5.02 Å². The zero-order valence-electron chi connectivity index (χ0n) is 14.2. The fraction of sp³-hybridized carbons (Fsp3) is 0.263. The molecule has 0 saturated heterocycles. The standard InChI is InChI=1S/C19H18ClNO4S/c1-2-24-15-6-4-3-5-12(15)11-25-18(22)10-17-19(23)21-14-9-13(20)7-8-16(14)26-17/h3-9,17H,2,10-11H2,1H3,(H,21,23). The van der Waals surface area contributed by atoms with Crippen LogP contribution in [0.15, 0.2) is 47.4 Å². The monoisotopic (exact) mass is 391 g/mol. The molecule has 26 heavy (non-hydrogen) atoms. The molecule has 0 saturated carbocycles. The molecule has 1 N–H and O–H groups in total. The highest BCUT2D eigenvalue weighted by Crippen LogP contribution is 2.38. The van der Waals surface area contributed by atoms with Crippen LogP contribution >= 0.6 is 23.4 Å². The molecule has 1 aliphatic rings. The van der Waals surface area contributed by atoms with Crippen LogP contribution in [0.1, 0.15) is 18.9 Å². The van der Waals surface area contributed by atoms with Gasteiger partial charge in [-0.15, -0.1) is 11.8 Å². The lowest BCUT2D eigenvalue weighted by Crippen LogP contribution is -2.31. The van der Waals surface area contributed by atoms with Gasteiger partial charge in [0.2, 0.25) is 5.91 Å². The molecule has 5 nitrogen and oxygen atoms in total. The molecule has 1 atom stereocenters. The second-order valence-electron chi connectivity index (χ2n) is 5.64. The maximum absolute atomic E-state index is 12.2. The lowest BCUT2D eigenvalue weighted by molar-refractivity contribution is -0.145. The quantitative estimate of drug-likeness (QED) is 0.744. The smallest absolute Gasteiger partial charge is 0.307 e. The van der Waals surface area contributed by atoms with E-state index in [-0.39, 0.29) is 18.9 Å². The lowest BCUT2D eigenvalue weighted by Gasteiger charge is -2.23. The predicted molar refractivity (Wildman–Crippen MR) is 102 cm³/mol. The third-order valence-corrected chi connectivity index (χ3v) is 5.28. The van der Waals surface area contributed by atoms with Gasteiger partial charge in [0.1, 0.15) is 12.4 Å². The first kappa shape index (κ1) is 18.6. The average Bonchev–Trinajstić information content (AvgIpc) is 2.62. The topological polar surface area (TPSA) is 64.6 Å². The summed E-state index contributed by atoms with van der Waals surface area (Å²) < 4.78 is 10.9. The van der Waals surface area contributed by atoms with Crippen molar-refractivity contribution < 1.29 is 19.1 Å². The van der Waals surface area contributed by atoms with E-state index in [0.717, 1.165) is 10.5 Å². The van der Waals surface area contributed by atoms with Crippen LogP contribution < -0.4 is 10.1 Å². The molecule has 136 valence electrons. The van der Waals surface area contributed by atoms with Crippen LogP contribution in [0.4, 0.5) is 5.69 Å². The summed E-state index contributed by atoms with van der Waals surface area (Å²) >= 11 is 7.27. The number of para-hydroxylation sites is 1. The number of carbonyl (C=O) groups is 2. The molecule has 0 fully saturated rings. The first-order valence-corrected chi connectivity index (χ1v) is 9.46. The zero-order valence-corrected chi connectivity index (χ0v) is 15.7. The summed E-state index contributed by atoms with van der Waals surface area (Å²) in [6.07, 6.45) is -0.00459. The Bertz CT molecular complexity index is 827. The minimum atomic E-state index is -0.529. The number of hydrogen-bond acceptors (Lipinski definition) is 5. The minimum Gasteiger partial charge on any atom is -0.493 e. The minimum absolute atomic E-state index is 0.00459. The summed E-state index contributed by atoms with van der Waals surface area (Å²) in [6, 6.07) is 12.7. The third-order valence-electron chi connectivity index (χ3n) is 3.77. The number of carbonyl (C=O) groups excluding carboxylic acids is 2. The Balaban J connectivity index is 1.59. The highest BCUT2D eigenvalue weighted by molar-refractivity contribution is 8.01. The van der Waals surface area contributed by atoms with Crippen molar-refractivity contribution in [3.8, 4) is 5.75 Å². The van der Waals surface area contributed by atoms with Gasteiger partial charge in [-0.3, -0.25) is 9.59 Å². The van der Waals surface area contributed by atoms with Crippen LogP contribution in [-0.2, 0) is 20.9 Å². The number of fused-ring (bicyclic) bond motifs is 1. The van der Waals surface area contributed by atoms with Gasteiger partial charge >= 0.3 is 5.97 Å². The van der Waals surface area contributed by atoms with Gasteiger partial charge in [0.15, 0.2) is 0 Å². The predicted octanol–water partition coefficient (Wildman–Crippen LogP) is 4.29. The molecule has 0 radical (unpaired) electrons. The van der Waals surface area contributed by atoms with Crippen LogP contribution in [0.25, 0.3) is 0 Å². The Morgan fingerprint density at radius 2 is 2.08 bits per heavy atom. The van der Waals surface area contributed by atoms with Gasteiger partial charge in [-0.2, -0.15) is 0 Å². The molecule has 1 aliphatic heterocycles. The Labute approximate surface area is 161 Å². The molecule has 0 spiro atoms. The van der Waals surface area contributed by atoms with E-state index in [1.807, 2.05) is 37.3 Å². The number of benzene rings is 2. The molecule has 0 aliphatic carbocycles. The van der Waals surface area contributed by atoms with E-state index in [2.05, 4.69) is 5.32 Å². The van der Waals surface area contributed by atoms with Gasteiger partial charge < -0.3 is 14.8 Å². The number of halogens is 1. The van der Waals surface area contributed by atoms with Crippen LogP contribution in [0, 0.1) is 0 Å². The number of amides is 1. The second-order valence-corrected chi connectivity index (χ2v) is 7.32. The molecule has 1 unspecified atom stereocenters. The SMILES string of the molecule is CCOc1ccccc1COC(=O)CC1Sc2ccc(Cl)cc2NC1=O. The summed E-state index contributed by atoms with van der Waals surface area (Å²) in [4.78, 5) is 25.3. The van der Waals surface area contributed by atoms with E-state index in [1.165, 1.54) is 11.8 Å². The number of rotatable bonds is 6. The first-order valence-electron chi connectivity index (χ1n) is 8.20. The Kier molecular flexibility index (Phi) is 6.06. The van der Waals surface area contributed by atoms with Crippen molar-refractivity contribution in [3.05, 3.63) is 53.1 Å². The van der Waals surface area contributed by atoms with Crippen molar-refractivity contribution in [1.82, 2.24) is 0 Å². The largest absolute Gasteiger partial charge is 0.493 e. The highest BCUT2D eigenvalue weighted by Gasteiger charge is 2.29. The molecule has 1 heterocycles. The van der Waals surface area contributed by atoms with Gasteiger partial charge in [-0.05, 0) is 31.2 Å². The molecule has 1 amide bonds. The molecule has 2 aromatic carbocycles. The number of esters is 1. The maximum atomic E-state index is 12.2. The Morgan fingerprint density at radius 3 is 2.88 bits per heavy atom. The summed E-state index contributed by atoms with van der Waals surface area (Å²) in [5, 5.41) is 2.81. The first-order chi connectivity index (χ1) is 12.6. The summed E-state index contributed by atoms with van der Waals surface area (Å²) in [5.74, 6) is 0.0381. The summed E-state index contributed by atoms with van der Waals surface area (Å²) in [5.41, 5.74) is 1.46. The fourth-order valence-corrected chi connectivity index (χ4v) is 3.79. The van der Waals surface area contributed by atoms with E-state index in [9.17, 15) is 9.59 Å². The van der Waals surface area contributed by atoms with Gasteiger partial charge in [0, 0.05) is 15.5 Å². The van der Waals surface area contributed by atoms with Crippen LogP contribution in [0.5, 0.6) is 5.75 Å².